The minimum absolute atomic E-state index is 0.0337. The van der Waals surface area contributed by atoms with Gasteiger partial charge in [0.05, 0.1) is 13.1 Å². The zero-order valence-electron chi connectivity index (χ0n) is 18.6. The Morgan fingerprint density at radius 1 is 1.00 bits per heavy atom. The Labute approximate surface area is 184 Å². The van der Waals surface area contributed by atoms with Gasteiger partial charge >= 0.3 is 0 Å². The van der Waals surface area contributed by atoms with E-state index in [1.165, 1.54) is 18.6 Å². The van der Waals surface area contributed by atoms with E-state index in [-0.39, 0.29) is 30.1 Å². The normalized spacial score (nSPS) is 14.4. The average Bonchev–Trinajstić information content (AvgIpc) is 3.19. The number of hydrogen-bond acceptors (Lipinski definition) is 3. The smallest absolute Gasteiger partial charge is 0.242 e. The fraction of sp³-hybridized carbons (Fsp3) is 0.520. The zero-order chi connectivity index (χ0) is 22.2. The summed E-state index contributed by atoms with van der Waals surface area (Å²) in [6.07, 6.45) is 5.99. The van der Waals surface area contributed by atoms with Gasteiger partial charge in [0.1, 0.15) is 17.3 Å². The number of carbonyl (C=O) groups excluding carboxylic acids is 2. The van der Waals surface area contributed by atoms with Gasteiger partial charge in [-0.05, 0) is 56.0 Å². The zero-order valence-corrected chi connectivity index (χ0v) is 18.6. The minimum atomic E-state index is -0.310. The van der Waals surface area contributed by atoms with Gasteiger partial charge in [-0.3, -0.25) is 9.59 Å². The Balaban J connectivity index is 1.74. The molecule has 0 atom stereocenters. The van der Waals surface area contributed by atoms with Gasteiger partial charge in [-0.2, -0.15) is 0 Å². The molecule has 0 unspecified atom stereocenters. The molecular formula is C25H33FN2O3. The van der Waals surface area contributed by atoms with Crippen LogP contribution in [0.2, 0.25) is 0 Å². The van der Waals surface area contributed by atoms with Crippen LogP contribution in [0.4, 0.5) is 4.39 Å². The number of furan rings is 1. The predicted octanol–water partition coefficient (Wildman–Crippen LogP) is 5.07. The number of benzene rings is 1. The number of carbonyl (C=O) groups is 2. The number of halogens is 1. The first-order valence-corrected chi connectivity index (χ1v) is 11.3. The quantitative estimate of drug-likeness (QED) is 0.560. The van der Waals surface area contributed by atoms with Crippen LogP contribution in [0.3, 0.4) is 0 Å². The van der Waals surface area contributed by atoms with Gasteiger partial charge in [-0.15, -0.1) is 0 Å². The molecule has 1 saturated carbocycles. The van der Waals surface area contributed by atoms with Crippen molar-refractivity contribution in [3.63, 3.8) is 0 Å². The molecule has 0 saturated heterocycles. The molecule has 0 bridgehead atoms. The lowest BCUT2D eigenvalue weighted by Crippen LogP contribution is -2.45. The lowest BCUT2D eigenvalue weighted by atomic mass is 9.88. The number of nitrogens with zero attached hydrogens (tertiary/aromatic N) is 2. The van der Waals surface area contributed by atoms with E-state index < -0.39 is 0 Å². The maximum Gasteiger partial charge on any atom is 0.242 e. The van der Waals surface area contributed by atoms with Gasteiger partial charge in [0.2, 0.25) is 11.8 Å². The summed E-state index contributed by atoms with van der Waals surface area (Å²) >= 11 is 0. The molecule has 1 fully saturated rings. The lowest BCUT2D eigenvalue weighted by Gasteiger charge is -2.31. The van der Waals surface area contributed by atoms with Crippen LogP contribution in [-0.4, -0.2) is 34.7 Å². The van der Waals surface area contributed by atoms with Crippen LogP contribution in [0.25, 0.3) is 0 Å². The summed E-state index contributed by atoms with van der Waals surface area (Å²) < 4.78 is 19.0. The fourth-order valence-corrected chi connectivity index (χ4v) is 4.21. The second kappa shape index (κ2) is 11.1. The summed E-state index contributed by atoms with van der Waals surface area (Å²) in [6.45, 7) is 5.16. The van der Waals surface area contributed by atoms with Crippen molar-refractivity contribution in [2.45, 2.75) is 65.5 Å². The molecule has 0 spiro atoms. The molecule has 0 N–H and O–H groups in total. The molecule has 1 aromatic heterocycles. The summed E-state index contributed by atoms with van der Waals surface area (Å²) in [5, 5.41) is 0. The Morgan fingerprint density at radius 2 is 1.71 bits per heavy atom. The summed E-state index contributed by atoms with van der Waals surface area (Å²) in [7, 11) is 0. The van der Waals surface area contributed by atoms with Crippen molar-refractivity contribution in [2.75, 3.05) is 13.1 Å². The van der Waals surface area contributed by atoms with Crippen LogP contribution >= 0.6 is 0 Å². The van der Waals surface area contributed by atoms with Gasteiger partial charge in [-0.1, -0.05) is 38.3 Å². The van der Waals surface area contributed by atoms with E-state index in [0.29, 0.717) is 25.4 Å². The third kappa shape index (κ3) is 6.68. The maximum absolute atomic E-state index is 13.3. The minimum Gasteiger partial charge on any atom is -0.464 e. The topological polar surface area (TPSA) is 53.8 Å². The van der Waals surface area contributed by atoms with Crippen molar-refractivity contribution in [1.29, 1.82) is 0 Å². The molecule has 0 radical (unpaired) electrons. The third-order valence-electron chi connectivity index (χ3n) is 5.87. The Hall–Kier alpha value is -2.63. The Morgan fingerprint density at radius 3 is 2.32 bits per heavy atom. The average molecular weight is 429 g/mol. The molecule has 31 heavy (non-hydrogen) atoms. The largest absolute Gasteiger partial charge is 0.464 e. The number of amides is 2. The molecule has 1 aliphatic carbocycles. The van der Waals surface area contributed by atoms with Crippen molar-refractivity contribution in [3.05, 3.63) is 59.3 Å². The second-order valence-electron chi connectivity index (χ2n) is 8.48. The Kier molecular flexibility index (Phi) is 8.27. The first-order valence-electron chi connectivity index (χ1n) is 11.3. The molecule has 2 amide bonds. The van der Waals surface area contributed by atoms with Crippen LogP contribution in [0, 0.1) is 18.7 Å². The highest BCUT2D eigenvalue weighted by atomic mass is 19.1. The van der Waals surface area contributed by atoms with Gasteiger partial charge < -0.3 is 14.2 Å². The fourth-order valence-electron chi connectivity index (χ4n) is 4.21. The van der Waals surface area contributed by atoms with Crippen molar-refractivity contribution >= 4 is 11.8 Å². The molecule has 1 aromatic carbocycles. The highest BCUT2D eigenvalue weighted by molar-refractivity contribution is 5.86. The van der Waals surface area contributed by atoms with Crippen LogP contribution in [0.15, 0.2) is 40.8 Å². The van der Waals surface area contributed by atoms with Crippen molar-refractivity contribution < 1.29 is 18.4 Å². The van der Waals surface area contributed by atoms with Crippen molar-refractivity contribution in [1.82, 2.24) is 9.80 Å². The van der Waals surface area contributed by atoms with Gasteiger partial charge in [0, 0.05) is 19.0 Å². The molecular weight excluding hydrogens is 395 g/mol. The number of hydrogen-bond donors (Lipinski definition) is 0. The number of aryl methyl sites for hydroxylation is 1. The maximum atomic E-state index is 13.3. The van der Waals surface area contributed by atoms with E-state index in [0.717, 1.165) is 43.4 Å². The van der Waals surface area contributed by atoms with E-state index in [2.05, 4.69) is 0 Å². The van der Waals surface area contributed by atoms with Crippen LogP contribution in [0.1, 0.15) is 62.5 Å². The molecule has 6 heteroatoms. The van der Waals surface area contributed by atoms with Crippen LogP contribution in [-0.2, 0) is 22.7 Å². The third-order valence-corrected chi connectivity index (χ3v) is 5.87. The van der Waals surface area contributed by atoms with Crippen LogP contribution in [0.5, 0.6) is 0 Å². The van der Waals surface area contributed by atoms with E-state index in [4.69, 9.17) is 4.42 Å². The van der Waals surface area contributed by atoms with Gasteiger partial charge in [0.15, 0.2) is 0 Å². The molecule has 1 heterocycles. The summed E-state index contributed by atoms with van der Waals surface area (Å²) in [5.74, 6) is 1.17. The summed E-state index contributed by atoms with van der Waals surface area (Å²) in [6, 6.07) is 9.87. The second-order valence-corrected chi connectivity index (χ2v) is 8.48. The first-order chi connectivity index (χ1) is 15.0. The van der Waals surface area contributed by atoms with E-state index >= 15 is 0 Å². The summed E-state index contributed by atoms with van der Waals surface area (Å²) in [4.78, 5) is 29.8. The molecule has 168 valence electrons. The first kappa shape index (κ1) is 23.0. The predicted molar refractivity (Wildman–Crippen MR) is 118 cm³/mol. The molecule has 5 nitrogen and oxygen atoms in total. The summed E-state index contributed by atoms with van der Waals surface area (Å²) in [5.41, 5.74) is 0.832. The van der Waals surface area contributed by atoms with Crippen molar-refractivity contribution in [3.8, 4) is 0 Å². The van der Waals surface area contributed by atoms with Gasteiger partial charge in [-0.25, -0.2) is 4.39 Å². The van der Waals surface area contributed by atoms with E-state index in [9.17, 15) is 14.0 Å². The molecule has 0 aliphatic heterocycles. The SMILES string of the molecule is CCCN(CC(=O)N(Cc1ccc(F)cc1)Cc1ccc(C)o1)C(=O)C1CCCCC1. The molecule has 3 rings (SSSR count). The Bertz CT molecular complexity index is 856. The lowest BCUT2D eigenvalue weighted by molar-refractivity contribution is -0.144. The van der Waals surface area contributed by atoms with E-state index in [1.807, 2.05) is 26.0 Å². The van der Waals surface area contributed by atoms with E-state index in [1.54, 1.807) is 21.9 Å². The highest BCUT2D eigenvalue weighted by Gasteiger charge is 2.28. The van der Waals surface area contributed by atoms with Crippen LogP contribution < -0.4 is 0 Å². The number of rotatable bonds is 9. The monoisotopic (exact) mass is 428 g/mol. The highest BCUT2D eigenvalue weighted by Crippen LogP contribution is 2.25. The molecule has 1 aliphatic rings. The van der Waals surface area contributed by atoms with Crippen molar-refractivity contribution in [2.24, 2.45) is 5.92 Å². The standard InChI is InChI=1S/C25H33FN2O3/c1-3-15-27(25(30)21-7-5-4-6-8-21)18-24(29)28(17-23-14-9-19(2)31-23)16-20-10-12-22(26)13-11-20/h9-14,21H,3-8,15-18H2,1-2H3. The van der Waals surface area contributed by atoms with Gasteiger partial charge in [0.25, 0.3) is 0 Å². The molecule has 2 aromatic rings.